The molecule has 0 amide bonds. The van der Waals surface area contributed by atoms with Crippen molar-refractivity contribution in [2.24, 2.45) is 0 Å². The summed E-state index contributed by atoms with van der Waals surface area (Å²) in [6.45, 7) is 2.02. The maximum absolute atomic E-state index is 12.1. The molecule has 0 spiro atoms. The van der Waals surface area contributed by atoms with Gasteiger partial charge in [-0.3, -0.25) is 4.90 Å². The highest BCUT2D eigenvalue weighted by atomic mass is 19.4. The van der Waals surface area contributed by atoms with Crippen LogP contribution in [0.5, 0.6) is 5.75 Å². The second-order valence-corrected chi connectivity index (χ2v) is 6.41. The van der Waals surface area contributed by atoms with Gasteiger partial charge in [0.15, 0.2) is 0 Å². The quantitative estimate of drug-likeness (QED) is 0.771. The molecular weight excluding hydrogens is 351 g/mol. The van der Waals surface area contributed by atoms with E-state index in [1.54, 1.807) is 7.11 Å². The van der Waals surface area contributed by atoms with E-state index in [0.29, 0.717) is 32.5 Å². The van der Waals surface area contributed by atoms with Crippen molar-refractivity contribution in [2.45, 2.75) is 31.6 Å². The van der Waals surface area contributed by atoms with Crippen molar-refractivity contribution >= 4 is 11.7 Å². The summed E-state index contributed by atoms with van der Waals surface area (Å²) in [6.07, 6.45) is -3.82. The van der Waals surface area contributed by atoms with Crippen molar-refractivity contribution in [3.8, 4) is 5.75 Å². The molecule has 0 radical (unpaired) electrons. The number of hydrogen-bond acceptors (Lipinski definition) is 6. The molecule has 2 rings (SSSR count). The van der Waals surface area contributed by atoms with Crippen molar-refractivity contribution in [2.75, 3.05) is 39.2 Å². The highest BCUT2D eigenvalue weighted by molar-refractivity contribution is 5.75. The molecule has 0 atom stereocenters. The van der Waals surface area contributed by atoms with E-state index in [4.69, 9.17) is 4.74 Å². The fourth-order valence-corrected chi connectivity index (χ4v) is 2.95. The van der Waals surface area contributed by atoms with Gasteiger partial charge in [0, 0.05) is 51.0 Å². The van der Waals surface area contributed by atoms with E-state index in [1.165, 1.54) is 0 Å². The Morgan fingerprint density at radius 2 is 1.96 bits per heavy atom. The molecule has 1 aromatic rings. The maximum atomic E-state index is 12.1. The molecule has 1 aromatic carbocycles. The third-order valence-electron chi connectivity index (χ3n) is 4.33. The highest BCUT2D eigenvalue weighted by Crippen LogP contribution is 2.30. The van der Waals surface area contributed by atoms with E-state index in [-0.39, 0.29) is 6.04 Å². The van der Waals surface area contributed by atoms with Crippen LogP contribution in [0.1, 0.15) is 18.4 Å². The van der Waals surface area contributed by atoms with E-state index in [1.807, 2.05) is 37.2 Å². The third kappa shape index (κ3) is 5.25. The number of anilines is 1. The van der Waals surface area contributed by atoms with Crippen LogP contribution in [0.3, 0.4) is 0 Å². The van der Waals surface area contributed by atoms with Crippen LogP contribution in [0, 0.1) is 0 Å². The number of halogens is 3. The van der Waals surface area contributed by atoms with Crippen molar-refractivity contribution in [1.82, 2.24) is 10.4 Å². The fourth-order valence-electron chi connectivity index (χ4n) is 2.95. The number of methoxy groups -OCH3 is 1. The van der Waals surface area contributed by atoms with E-state index in [2.05, 4.69) is 15.2 Å². The van der Waals surface area contributed by atoms with Crippen LogP contribution in [-0.4, -0.2) is 57.4 Å². The summed E-state index contributed by atoms with van der Waals surface area (Å²) < 4.78 is 41.9. The van der Waals surface area contributed by atoms with Gasteiger partial charge in [0.25, 0.3) is 0 Å². The number of alkyl halides is 3. The van der Waals surface area contributed by atoms with Gasteiger partial charge in [-0.05, 0) is 25.0 Å². The van der Waals surface area contributed by atoms with E-state index in [0.717, 1.165) is 17.0 Å². The van der Waals surface area contributed by atoms with Crippen molar-refractivity contribution in [3.63, 3.8) is 0 Å². The Labute approximate surface area is 150 Å². The van der Waals surface area contributed by atoms with Crippen molar-refractivity contribution in [1.29, 1.82) is 0 Å². The number of likely N-dealkylation sites (tertiary alicyclic amines) is 1. The normalized spacial score (nSPS) is 16.4. The van der Waals surface area contributed by atoms with Gasteiger partial charge in [0.2, 0.25) is 0 Å². The zero-order chi connectivity index (χ0) is 19.3. The predicted molar refractivity (Wildman–Crippen MR) is 90.9 cm³/mol. The summed E-state index contributed by atoms with van der Waals surface area (Å²) >= 11 is 0. The predicted octanol–water partition coefficient (Wildman–Crippen LogP) is 2.34. The van der Waals surface area contributed by atoms with Gasteiger partial charge in [-0.2, -0.15) is 13.2 Å². The molecule has 1 fully saturated rings. The second-order valence-electron chi connectivity index (χ2n) is 6.41. The van der Waals surface area contributed by atoms with Gasteiger partial charge in [0.05, 0.1) is 7.11 Å². The lowest BCUT2D eigenvalue weighted by molar-refractivity contribution is -0.209. The molecule has 6 nitrogen and oxygen atoms in total. The number of rotatable bonds is 6. The molecule has 1 heterocycles. The Hall–Kier alpha value is -2.00. The molecule has 0 unspecified atom stereocenters. The van der Waals surface area contributed by atoms with Crippen LogP contribution < -0.4 is 15.1 Å². The van der Waals surface area contributed by atoms with Crippen LogP contribution in [0.2, 0.25) is 0 Å². The van der Waals surface area contributed by atoms with E-state index >= 15 is 0 Å². The Morgan fingerprint density at radius 1 is 1.31 bits per heavy atom. The summed E-state index contributed by atoms with van der Waals surface area (Å²) in [5.74, 6) is -1.42. The molecule has 26 heavy (non-hydrogen) atoms. The van der Waals surface area contributed by atoms with Crippen molar-refractivity contribution < 1.29 is 27.5 Å². The maximum Gasteiger partial charge on any atom is 0.492 e. The number of carbonyl (C=O) groups excluding carboxylic acids is 1. The van der Waals surface area contributed by atoms with Gasteiger partial charge >= 0.3 is 12.1 Å². The highest BCUT2D eigenvalue weighted by Gasteiger charge is 2.41. The number of hydrogen-bond donors (Lipinski definition) is 1. The lowest BCUT2D eigenvalue weighted by atomic mass is 10.0. The number of carbonyl (C=O) groups is 1. The molecule has 1 aliphatic rings. The van der Waals surface area contributed by atoms with Gasteiger partial charge in [0.1, 0.15) is 5.75 Å². The molecule has 1 N–H and O–H groups in total. The van der Waals surface area contributed by atoms with Crippen LogP contribution in [0.15, 0.2) is 18.2 Å². The summed E-state index contributed by atoms with van der Waals surface area (Å²) in [6, 6.07) is 5.57. The van der Waals surface area contributed by atoms with E-state index < -0.39 is 12.1 Å². The average molecular weight is 375 g/mol. The first kappa shape index (κ1) is 20.3. The SMILES string of the molecule is COc1cccc(N(C)C)c1CN1CCC(NOC(=O)C(F)(F)F)CC1. The minimum atomic E-state index is -4.99. The largest absolute Gasteiger partial charge is 0.496 e. The molecular formula is C17H24F3N3O3. The summed E-state index contributed by atoms with van der Waals surface area (Å²) in [5, 5.41) is 0. The Morgan fingerprint density at radius 3 is 2.50 bits per heavy atom. The lowest BCUT2D eigenvalue weighted by Gasteiger charge is -2.33. The number of piperidine rings is 1. The molecule has 0 aliphatic carbocycles. The first-order valence-electron chi connectivity index (χ1n) is 8.31. The summed E-state index contributed by atoms with van der Waals surface area (Å²) in [4.78, 5) is 19.1. The van der Waals surface area contributed by atoms with Gasteiger partial charge in [-0.25, -0.2) is 4.79 Å². The molecule has 0 aromatic heterocycles. The molecule has 0 bridgehead atoms. The monoisotopic (exact) mass is 375 g/mol. The Bertz CT molecular complexity index is 615. The van der Waals surface area contributed by atoms with Crippen LogP contribution >= 0.6 is 0 Å². The van der Waals surface area contributed by atoms with Crippen LogP contribution in [-0.2, 0) is 16.2 Å². The molecule has 0 saturated carbocycles. The topological polar surface area (TPSA) is 54.0 Å². The molecule has 9 heteroatoms. The van der Waals surface area contributed by atoms with E-state index in [9.17, 15) is 18.0 Å². The Balaban J connectivity index is 1.90. The van der Waals surface area contributed by atoms with Crippen LogP contribution in [0.4, 0.5) is 18.9 Å². The number of nitrogens with zero attached hydrogens (tertiary/aromatic N) is 2. The first-order valence-corrected chi connectivity index (χ1v) is 8.31. The number of nitrogens with one attached hydrogen (secondary N) is 1. The number of ether oxygens (including phenoxy) is 1. The van der Waals surface area contributed by atoms with Crippen LogP contribution in [0.25, 0.3) is 0 Å². The zero-order valence-corrected chi connectivity index (χ0v) is 15.1. The smallest absolute Gasteiger partial charge is 0.492 e. The average Bonchev–Trinajstić information content (AvgIpc) is 2.60. The zero-order valence-electron chi connectivity index (χ0n) is 15.1. The Kier molecular flexibility index (Phi) is 6.71. The van der Waals surface area contributed by atoms with Gasteiger partial charge < -0.3 is 14.5 Å². The fraction of sp³-hybridized carbons (Fsp3) is 0.588. The molecule has 1 saturated heterocycles. The van der Waals surface area contributed by atoms with Gasteiger partial charge in [-0.1, -0.05) is 6.07 Å². The second kappa shape index (κ2) is 8.59. The minimum Gasteiger partial charge on any atom is -0.496 e. The minimum absolute atomic E-state index is 0.288. The number of hydroxylamine groups is 1. The first-order chi connectivity index (χ1) is 12.2. The number of benzene rings is 1. The van der Waals surface area contributed by atoms with Gasteiger partial charge in [-0.15, -0.1) is 5.48 Å². The molecule has 146 valence electrons. The molecule has 1 aliphatic heterocycles. The standard InChI is InChI=1S/C17H24F3N3O3/c1-22(2)14-5-4-6-15(25-3)13(14)11-23-9-7-12(8-10-23)21-26-16(24)17(18,19)20/h4-6,12,21H,7-11H2,1-3H3. The summed E-state index contributed by atoms with van der Waals surface area (Å²) in [5.41, 5.74) is 4.36. The lowest BCUT2D eigenvalue weighted by Crippen LogP contribution is -2.44. The van der Waals surface area contributed by atoms with Crippen molar-refractivity contribution in [3.05, 3.63) is 23.8 Å². The summed E-state index contributed by atoms with van der Waals surface area (Å²) in [7, 11) is 5.55. The third-order valence-corrected chi connectivity index (χ3v) is 4.33.